The van der Waals surface area contributed by atoms with Crippen molar-refractivity contribution >= 4 is 5.97 Å². The smallest absolute Gasteiger partial charge is 0.315 e. The maximum Gasteiger partial charge on any atom is 0.315 e. The number of benzene rings is 3. The Bertz CT molecular complexity index is 1340. The second-order valence-corrected chi connectivity index (χ2v) is 9.08. The van der Waals surface area contributed by atoms with E-state index in [0.29, 0.717) is 35.2 Å². The van der Waals surface area contributed by atoms with Crippen molar-refractivity contribution in [2.24, 2.45) is 5.73 Å². The van der Waals surface area contributed by atoms with Crippen molar-refractivity contribution < 1.29 is 23.7 Å². The van der Waals surface area contributed by atoms with E-state index < -0.39 is 5.92 Å². The van der Waals surface area contributed by atoms with Crippen molar-refractivity contribution in [2.75, 3.05) is 13.7 Å². The van der Waals surface area contributed by atoms with Crippen molar-refractivity contribution in [2.45, 2.75) is 44.9 Å². The van der Waals surface area contributed by atoms with Crippen LogP contribution in [0.2, 0.25) is 0 Å². The highest BCUT2D eigenvalue weighted by molar-refractivity contribution is 5.75. The van der Waals surface area contributed by atoms with Gasteiger partial charge in [0.1, 0.15) is 23.1 Å². The third kappa shape index (κ3) is 6.27. The van der Waals surface area contributed by atoms with Gasteiger partial charge in [0.2, 0.25) is 5.88 Å². The summed E-state index contributed by atoms with van der Waals surface area (Å²) in [5.41, 5.74) is 8.85. The molecule has 0 aliphatic carbocycles. The van der Waals surface area contributed by atoms with Crippen LogP contribution in [0.1, 0.15) is 55.2 Å². The van der Waals surface area contributed by atoms with Crippen molar-refractivity contribution in [1.82, 2.24) is 0 Å². The fourth-order valence-electron chi connectivity index (χ4n) is 4.47. The fraction of sp³-hybridized carbons (Fsp3) is 0.290. The number of unbranched alkanes of at least 4 members (excludes halogenated alkanes) is 3. The maximum absolute atomic E-state index is 12.5. The summed E-state index contributed by atoms with van der Waals surface area (Å²) in [6.07, 6.45) is 4.59. The zero-order chi connectivity index (χ0) is 26.9. The van der Waals surface area contributed by atoms with Crippen molar-refractivity contribution in [3.8, 4) is 29.1 Å². The van der Waals surface area contributed by atoms with Gasteiger partial charge in [-0.15, -0.1) is 0 Å². The Balaban J connectivity index is 1.57. The predicted octanol–water partition coefficient (Wildman–Crippen LogP) is 6.02. The first-order chi connectivity index (χ1) is 18.5. The normalized spacial score (nSPS) is 14.2. The molecule has 3 aromatic rings. The molecule has 0 saturated heterocycles. The van der Waals surface area contributed by atoms with Crippen molar-refractivity contribution in [1.29, 1.82) is 5.26 Å². The average Bonchev–Trinajstić information content (AvgIpc) is 2.92. The highest BCUT2D eigenvalue weighted by Crippen LogP contribution is 2.45. The Kier molecular flexibility index (Phi) is 8.89. The van der Waals surface area contributed by atoms with Gasteiger partial charge < -0.3 is 24.7 Å². The summed E-state index contributed by atoms with van der Waals surface area (Å²) >= 11 is 0. The zero-order valence-corrected chi connectivity index (χ0v) is 21.7. The molecule has 1 atom stereocenters. The van der Waals surface area contributed by atoms with Crippen LogP contribution >= 0.6 is 0 Å². The first-order valence-electron chi connectivity index (χ1n) is 12.8. The molecule has 1 unspecified atom stereocenters. The van der Waals surface area contributed by atoms with Gasteiger partial charge in [0.15, 0.2) is 11.5 Å². The summed E-state index contributed by atoms with van der Waals surface area (Å²) < 4.78 is 22.9. The number of allylic oxidation sites excluding steroid dienone is 1. The number of fused-ring (bicyclic) bond motifs is 1. The second kappa shape index (κ2) is 12.7. The third-order valence-electron chi connectivity index (χ3n) is 6.39. The summed E-state index contributed by atoms with van der Waals surface area (Å²) in [6, 6.07) is 22.3. The van der Waals surface area contributed by atoms with Gasteiger partial charge in [-0.25, -0.2) is 0 Å². The molecule has 2 N–H and O–H groups in total. The molecule has 0 fully saturated rings. The number of hydrogen-bond donors (Lipinski definition) is 1. The number of carbonyl (C=O) groups excluding carboxylic acids is 1. The molecule has 4 rings (SSSR count). The SMILES string of the molecule is CCCCCCOc1ccc(C2C(C#N)=C(N)Oc3cc(OC(=O)Cc4ccccc4)ccc32)cc1OC. The number of nitriles is 1. The summed E-state index contributed by atoms with van der Waals surface area (Å²) in [6.45, 7) is 2.78. The molecule has 0 amide bonds. The van der Waals surface area contributed by atoms with E-state index in [-0.39, 0.29) is 18.3 Å². The molecule has 7 heteroatoms. The number of nitrogens with zero attached hydrogens (tertiary/aromatic N) is 1. The lowest BCUT2D eigenvalue weighted by atomic mass is 9.83. The summed E-state index contributed by atoms with van der Waals surface area (Å²) in [7, 11) is 1.59. The highest BCUT2D eigenvalue weighted by atomic mass is 16.5. The second-order valence-electron chi connectivity index (χ2n) is 9.08. The zero-order valence-electron chi connectivity index (χ0n) is 21.7. The average molecular weight is 513 g/mol. The lowest BCUT2D eigenvalue weighted by Gasteiger charge is -2.27. The van der Waals surface area contributed by atoms with E-state index in [0.717, 1.165) is 29.5 Å². The maximum atomic E-state index is 12.5. The quantitative estimate of drug-likeness (QED) is 0.190. The van der Waals surface area contributed by atoms with Crippen molar-refractivity contribution in [3.05, 3.63) is 94.9 Å². The van der Waals surface area contributed by atoms with Gasteiger partial charge in [-0.2, -0.15) is 5.26 Å². The Labute approximate surface area is 223 Å². The van der Waals surface area contributed by atoms with Crippen LogP contribution in [0.15, 0.2) is 78.2 Å². The molecule has 1 aliphatic heterocycles. The molecule has 3 aromatic carbocycles. The molecular formula is C31H32N2O5. The Morgan fingerprint density at radius 3 is 2.58 bits per heavy atom. The largest absolute Gasteiger partial charge is 0.493 e. The van der Waals surface area contributed by atoms with Crippen LogP contribution in [0.5, 0.6) is 23.0 Å². The fourth-order valence-corrected chi connectivity index (χ4v) is 4.47. The number of esters is 1. The van der Waals surface area contributed by atoms with Gasteiger partial charge in [0.05, 0.1) is 26.1 Å². The molecular weight excluding hydrogens is 480 g/mol. The van der Waals surface area contributed by atoms with E-state index in [4.69, 9.17) is 24.7 Å². The molecule has 196 valence electrons. The highest BCUT2D eigenvalue weighted by Gasteiger charge is 2.31. The van der Waals surface area contributed by atoms with Crippen LogP contribution in [0.25, 0.3) is 0 Å². The minimum atomic E-state index is -0.481. The van der Waals surface area contributed by atoms with E-state index in [1.54, 1.807) is 25.3 Å². The number of hydrogen-bond acceptors (Lipinski definition) is 7. The minimum absolute atomic E-state index is 0.00739. The number of nitrogens with two attached hydrogens (primary N) is 1. The summed E-state index contributed by atoms with van der Waals surface area (Å²) in [5, 5.41) is 9.91. The third-order valence-corrected chi connectivity index (χ3v) is 6.39. The Morgan fingerprint density at radius 2 is 1.84 bits per heavy atom. The summed E-state index contributed by atoms with van der Waals surface area (Å²) in [5.74, 6) is 1.12. The Morgan fingerprint density at radius 1 is 1.03 bits per heavy atom. The number of methoxy groups -OCH3 is 1. The van der Waals surface area contributed by atoms with Gasteiger partial charge >= 0.3 is 5.97 Å². The van der Waals surface area contributed by atoms with E-state index in [1.165, 1.54) is 12.8 Å². The molecule has 7 nitrogen and oxygen atoms in total. The molecule has 0 saturated carbocycles. The van der Waals surface area contributed by atoms with E-state index in [1.807, 2.05) is 48.5 Å². The molecule has 38 heavy (non-hydrogen) atoms. The molecule has 0 radical (unpaired) electrons. The topological polar surface area (TPSA) is 104 Å². The predicted molar refractivity (Wildman–Crippen MR) is 144 cm³/mol. The van der Waals surface area contributed by atoms with Crippen LogP contribution in [0.3, 0.4) is 0 Å². The number of carbonyl (C=O) groups is 1. The molecule has 1 aliphatic rings. The van der Waals surface area contributed by atoms with Gasteiger partial charge in [0.25, 0.3) is 0 Å². The molecule has 0 aromatic heterocycles. The van der Waals surface area contributed by atoms with Crippen LogP contribution in [-0.4, -0.2) is 19.7 Å². The minimum Gasteiger partial charge on any atom is -0.493 e. The van der Waals surface area contributed by atoms with Crippen LogP contribution in [0, 0.1) is 11.3 Å². The van der Waals surface area contributed by atoms with Gasteiger partial charge in [-0.1, -0.05) is 68.7 Å². The molecule has 1 heterocycles. The Hall–Kier alpha value is -4.44. The first-order valence-corrected chi connectivity index (χ1v) is 12.8. The van der Waals surface area contributed by atoms with Gasteiger partial charge in [-0.3, -0.25) is 4.79 Å². The monoisotopic (exact) mass is 512 g/mol. The first kappa shape index (κ1) is 26.6. The number of ether oxygens (including phenoxy) is 4. The van der Waals surface area contributed by atoms with E-state index in [9.17, 15) is 10.1 Å². The number of rotatable bonds is 11. The van der Waals surface area contributed by atoms with E-state index in [2.05, 4.69) is 13.0 Å². The lowest BCUT2D eigenvalue weighted by molar-refractivity contribution is -0.133. The molecule has 0 spiro atoms. The molecule has 0 bridgehead atoms. The van der Waals surface area contributed by atoms with Crippen LogP contribution < -0.4 is 24.7 Å². The standard InChI is InChI=1S/C31H32N2O5/c1-3-4-5-9-16-36-26-15-12-22(18-28(26)35-2)30-24-14-13-23(19-27(24)38-31(33)25(30)20-32)37-29(34)17-21-10-7-6-8-11-21/h6-8,10-15,18-19,30H,3-5,9,16-17,33H2,1-2H3. The van der Waals surface area contributed by atoms with Crippen LogP contribution in [0.4, 0.5) is 0 Å². The summed E-state index contributed by atoms with van der Waals surface area (Å²) in [4.78, 5) is 12.5. The van der Waals surface area contributed by atoms with E-state index >= 15 is 0 Å². The lowest BCUT2D eigenvalue weighted by Crippen LogP contribution is -2.21. The van der Waals surface area contributed by atoms with Gasteiger partial charge in [-0.05, 0) is 35.7 Å². The van der Waals surface area contributed by atoms with Crippen LogP contribution in [-0.2, 0) is 11.2 Å². The van der Waals surface area contributed by atoms with Gasteiger partial charge in [0, 0.05) is 11.6 Å². The van der Waals surface area contributed by atoms with Crippen molar-refractivity contribution in [3.63, 3.8) is 0 Å².